The molecule has 5 nitrogen and oxygen atoms in total. The Morgan fingerprint density at radius 3 is 2.59 bits per heavy atom. The molecule has 4 rings (SSSR count). The van der Waals surface area contributed by atoms with E-state index in [1.807, 2.05) is 30.3 Å². The smallest absolute Gasteiger partial charge is 0.227 e. The van der Waals surface area contributed by atoms with Gasteiger partial charge in [0, 0.05) is 24.2 Å². The zero-order valence-corrected chi connectivity index (χ0v) is 15.3. The van der Waals surface area contributed by atoms with E-state index in [2.05, 4.69) is 34.1 Å². The molecule has 0 radical (unpaired) electrons. The number of carbonyl (C=O) groups excluding carboxylic acids is 2. The molecule has 1 fully saturated rings. The molecule has 2 amide bonds. The van der Waals surface area contributed by atoms with Crippen molar-refractivity contribution >= 4 is 17.5 Å². The van der Waals surface area contributed by atoms with Gasteiger partial charge in [0.05, 0.1) is 6.42 Å². The van der Waals surface area contributed by atoms with E-state index in [-0.39, 0.29) is 23.8 Å². The normalized spacial score (nSPS) is 18.4. The number of hydrogen-bond donors (Lipinski definition) is 3. The fourth-order valence-electron chi connectivity index (χ4n) is 3.53. The van der Waals surface area contributed by atoms with E-state index in [1.54, 1.807) is 0 Å². The standard InChI is InChI=1S/C22H25N3O2/c26-21(24-14-20-19-4-2-1-3-16(19)11-12-23-20)13-15-5-9-18(10-6-15)25-22(27)17-7-8-17/h1-6,9-10,17,20,23H,7-8,11-14H2,(H,24,26)(H,25,27). The molecule has 0 saturated heterocycles. The van der Waals surface area contributed by atoms with Crippen molar-refractivity contribution < 1.29 is 9.59 Å². The van der Waals surface area contributed by atoms with Crippen molar-refractivity contribution in [3.63, 3.8) is 0 Å². The average Bonchev–Trinajstić information content (AvgIpc) is 3.53. The summed E-state index contributed by atoms with van der Waals surface area (Å²) in [4.78, 5) is 24.1. The van der Waals surface area contributed by atoms with Gasteiger partial charge in [-0.05, 0) is 54.6 Å². The third kappa shape index (κ3) is 4.55. The number of benzene rings is 2. The van der Waals surface area contributed by atoms with Crippen LogP contribution >= 0.6 is 0 Å². The van der Waals surface area contributed by atoms with Crippen molar-refractivity contribution in [3.05, 3.63) is 65.2 Å². The quantitative estimate of drug-likeness (QED) is 0.739. The van der Waals surface area contributed by atoms with Crippen LogP contribution < -0.4 is 16.0 Å². The van der Waals surface area contributed by atoms with E-state index >= 15 is 0 Å². The van der Waals surface area contributed by atoms with Gasteiger partial charge in [0.2, 0.25) is 11.8 Å². The first-order valence-corrected chi connectivity index (χ1v) is 9.67. The summed E-state index contributed by atoms with van der Waals surface area (Å²) >= 11 is 0. The number of anilines is 1. The van der Waals surface area contributed by atoms with E-state index in [1.165, 1.54) is 11.1 Å². The van der Waals surface area contributed by atoms with E-state index in [0.29, 0.717) is 13.0 Å². The summed E-state index contributed by atoms with van der Waals surface area (Å²) in [5.74, 6) is 0.296. The van der Waals surface area contributed by atoms with E-state index in [9.17, 15) is 9.59 Å². The minimum atomic E-state index is 0.00891. The Hall–Kier alpha value is -2.66. The van der Waals surface area contributed by atoms with Gasteiger partial charge in [-0.3, -0.25) is 9.59 Å². The van der Waals surface area contributed by atoms with Crippen molar-refractivity contribution in [2.75, 3.05) is 18.4 Å². The fraction of sp³-hybridized carbons (Fsp3) is 0.364. The van der Waals surface area contributed by atoms with E-state index < -0.39 is 0 Å². The summed E-state index contributed by atoms with van der Waals surface area (Å²) in [6.07, 6.45) is 3.35. The second-order valence-electron chi connectivity index (χ2n) is 7.40. The number of rotatable bonds is 6. The highest BCUT2D eigenvalue weighted by Crippen LogP contribution is 2.30. The molecule has 1 aliphatic carbocycles. The van der Waals surface area contributed by atoms with Crippen LogP contribution in [0.2, 0.25) is 0 Å². The van der Waals surface area contributed by atoms with Gasteiger partial charge in [-0.1, -0.05) is 36.4 Å². The summed E-state index contributed by atoms with van der Waals surface area (Å²) in [5.41, 5.74) is 4.37. The summed E-state index contributed by atoms with van der Waals surface area (Å²) < 4.78 is 0. The highest BCUT2D eigenvalue weighted by molar-refractivity contribution is 5.94. The monoisotopic (exact) mass is 363 g/mol. The minimum absolute atomic E-state index is 0.00891. The van der Waals surface area contributed by atoms with Crippen LogP contribution in [-0.4, -0.2) is 24.9 Å². The number of nitrogens with one attached hydrogen (secondary N) is 3. The van der Waals surface area contributed by atoms with Gasteiger partial charge >= 0.3 is 0 Å². The Kier molecular flexibility index (Phi) is 5.21. The molecule has 0 aromatic heterocycles. The van der Waals surface area contributed by atoms with Crippen molar-refractivity contribution in [3.8, 4) is 0 Å². The summed E-state index contributed by atoms with van der Waals surface area (Å²) in [6, 6.07) is 16.1. The predicted molar refractivity (Wildman–Crippen MR) is 105 cm³/mol. The van der Waals surface area contributed by atoms with Crippen LogP contribution in [-0.2, 0) is 22.4 Å². The van der Waals surface area contributed by atoms with Gasteiger partial charge in [-0.25, -0.2) is 0 Å². The van der Waals surface area contributed by atoms with Gasteiger partial charge < -0.3 is 16.0 Å². The zero-order chi connectivity index (χ0) is 18.6. The van der Waals surface area contributed by atoms with Gasteiger partial charge in [-0.15, -0.1) is 0 Å². The topological polar surface area (TPSA) is 70.2 Å². The lowest BCUT2D eigenvalue weighted by Crippen LogP contribution is -2.39. The van der Waals surface area contributed by atoms with Crippen LogP contribution in [0.15, 0.2) is 48.5 Å². The van der Waals surface area contributed by atoms with Crippen LogP contribution in [0.4, 0.5) is 5.69 Å². The number of amides is 2. The molecule has 5 heteroatoms. The van der Waals surface area contributed by atoms with E-state index in [4.69, 9.17) is 0 Å². The summed E-state index contributed by atoms with van der Waals surface area (Å²) in [7, 11) is 0. The molecule has 27 heavy (non-hydrogen) atoms. The third-order valence-electron chi connectivity index (χ3n) is 5.25. The second kappa shape index (κ2) is 7.92. The molecule has 2 aliphatic rings. The number of carbonyl (C=O) groups is 2. The Labute approximate surface area is 159 Å². The minimum Gasteiger partial charge on any atom is -0.354 e. The molecule has 2 aromatic rings. The highest BCUT2D eigenvalue weighted by atomic mass is 16.2. The lowest BCUT2D eigenvalue weighted by atomic mass is 9.94. The fourth-order valence-corrected chi connectivity index (χ4v) is 3.53. The van der Waals surface area contributed by atoms with Gasteiger partial charge in [-0.2, -0.15) is 0 Å². The highest BCUT2D eigenvalue weighted by Gasteiger charge is 2.29. The SMILES string of the molecule is O=C(Cc1ccc(NC(=O)C2CC2)cc1)NCC1NCCc2ccccc21. The molecule has 1 atom stereocenters. The summed E-state index contributed by atoms with van der Waals surface area (Å²) in [5, 5.41) is 9.43. The van der Waals surface area contributed by atoms with Crippen molar-refractivity contribution in [1.29, 1.82) is 0 Å². The van der Waals surface area contributed by atoms with Gasteiger partial charge in [0.1, 0.15) is 0 Å². The largest absolute Gasteiger partial charge is 0.354 e. The second-order valence-corrected chi connectivity index (χ2v) is 7.40. The van der Waals surface area contributed by atoms with Crippen molar-refractivity contribution in [1.82, 2.24) is 10.6 Å². The average molecular weight is 363 g/mol. The molecule has 3 N–H and O–H groups in total. The Morgan fingerprint density at radius 1 is 1.04 bits per heavy atom. The maximum absolute atomic E-state index is 12.3. The molecular weight excluding hydrogens is 338 g/mol. The molecule has 0 bridgehead atoms. The molecule has 1 aliphatic heterocycles. The number of hydrogen-bond acceptors (Lipinski definition) is 3. The predicted octanol–water partition coefficient (Wildman–Crippen LogP) is 2.58. The Balaban J connectivity index is 1.28. The molecular formula is C22H25N3O2. The molecule has 0 spiro atoms. The zero-order valence-electron chi connectivity index (χ0n) is 15.3. The Bertz CT molecular complexity index is 828. The van der Waals surface area contributed by atoms with E-state index in [0.717, 1.165) is 37.1 Å². The van der Waals surface area contributed by atoms with Crippen LogP contribution in [0.1, 0.15) is 35.6 Å². The maximum atomic E-state index is 12.3. The first-order valence-electron chi connectivity index (χ1n) is 9.67. The van der Waals surface area contributed by atoms with Crippen LogP contribution in [0.5, 0.6) is 0 Å². The van der Waals surface area contributed by atoms with Gasteiger partial charge in [0.15, 0.2) is 0 Å². The van der Waals surface area contributed by atoms with Crippen LogP contribution in [0.25, 0.3) is 0 Å². The molecule has 1 heterocycles. The third-order valence-corrected chi connectivity index (χ3v) is 5.25. The van der Waals surface area contributed by atoms with Gasteiger partial charge in [0.25, 0.3) is 0 Å². The first-order chi connectivity index (χ1) is 13.2. The van der Waals surface area contributed by atoms with Crippen LogP contribution in [0.3, 0.4) is 0 Å². The molecule has 140 valence electrons. The lowest BCUT2D eigenvalue weighted by molar-refractivity contribution is -0.120. The van der Waals surface area contributed by atoms with Crippen molar-refractivity contribution in [2.45, 2.75) is 31.7 Å². The Morgan fingerprint density at radius 2 is 1.81 bits per heavy atom. The lowest BCUT2D eigenvalue weighted by Gasteiger charge is -2.27. The molecule has 1 saturated carbocycles. The first kappa shape index (κ1) is 17.7. The van der Waals surface area contributed by atoms with Crippen molar-refractivity contribution in [2.24, 2.45) is 5.92 Å². The molecule has 1 unspecified atom stereocenters. The van der Waals surface area contributed by atoms with Crippen LogP contribution in [0, 0.1) is 5.92 Å². The maximum Gasteiger partial charge on any atom is 0.227 e. The summed E-state index contributed by atoms with van der Waals surface area (Å²) in [6.45, 7) is 1.52. The number of fused-ring (bicyclic) bond motifs is 1. The molecule has 2 aromatic carbocycles.